The molecule has 0 radical (unpaired) electrons. The van der Waals surface area contributed by atoms with Crippen LogP contribution in [0.4, 0.5) is 0 Å². The summed E-state index contributed by atoms with van der Waals surface area (Å²) in [7, 11) is 0. The van der Waals surface area contributed by atoms with Crippen molar-refractivity contribution >= 4 is 5.91 Å². The third-order valence-electron chi connectivity index (χ3n) is 4.97. The Morgan fingerprint density at radius 3 is 2.48 bits per heavy atom. The van der Waals surface area contributed by atoms with Crippen LogP contribution in [-0.4, -0.2) is 34.0 Å². The molecular formula is C20H27N3O2. The van der Waals surface area contributed by atoms with Crippen LogP contribution in [0.3, 0.4) is 0 Å². The Balaban J connectivity index is 1.52. The quantitative estimate of drug-likeness (QED) is 0.829. The van der Waals surface area contributed by atoms with Gasteiger partial charge in [-0.25, -0.2) is 0 Å². The van der Waals surface area contributed by atoms with E-state index in [2.05, 4.69) is 30.9 Å². The number of aryl methyl sites for hydroxylation is 1. The first kappa shape index (κ1) is 17.6. The van der Waals surface area contributed by atoms with Gasteiger partial charge < -0.3 is 9.42 Å². The second-order valence-electron chi connectivity index (χ2n) is 7.19. The third kappa shape index (κ3) is 4.27. The van der Waals surface area contributed by atoms with E-state index in [-0.39, 0.29) is 11.8 Å². The van der Waals surface area contributed by atoms with Crippen LogP contribution in [0, 0.1) is 5.92 Å². The van der Waals surface area contributed by atoms with E-state index < -0.39 is 0 Å². The van der Waals surface area contributed by atoms with Gasteiger partial charge in [0.05, 0.1) is 0 Å². The molecule has 134 valence electrons. The van der Waals surface area contributed by atoms with Crippen LogP contribution in [0.1, 0.15) is 67.2 Å². The summed E-state index contributed by atoms with van der Waals surface area (Å²) in [5.41, 5.74) is 2.05. The highest BCUT2D eigenvalue weighted by Gasteiger charge is 2.25. The van der Waals surface area contributed by atoms with E-state index in [0.29, 0.717) is 5.92 Å². The molecule has 2 aromatic rings. The topological polar surface area (TPSA) is 59.2 Å². The number of hydrogen-bond donors (Lipinski definition) is 0. The molecule has 5 heteroatoms. The molecule has 1 aromatic heterocycles. The zero-order chi connectivity index (χ0) is 17.8. The van der Waals surface area contributed by atoms with Crippen molar-refractivity contribution in [1.29, 1.82) is 0 Å². The lowest BCUT2D eigenvalue weighted by atomic mass is 9.93. The number of carbonyl (C=O) groups excluding carboxylic acids is 1. The maximum absolute atomic E-state index is 12.6. The summed E-state index contributed by atoms with van der Waals surface area (Å²) in [6.45, 7) is 7.83. The first-order valence-electron chi connectivity index (χ1n) is 9.27. The van der Waals surface area contributed by atoms with Crippen LogP contribution >= 0.6 is 0 Å². The highest BCUT2D eigenvalue weighted by molar-refractivity contribution is 5.94. The van der Waals surface area contributed by atoms with Crippen molar-refractivity contribution in [2.75, 3.05) is 13.1 Å². The Hall–Kier alpha value is -2.17. The first-order chi connectivity index (χ1) is 12.1. The number of aromatic nitrogens is 2. The van der Waals surface area contributed by atoms with Crippen LogP contribution in [-0.2, 0) is 12.8 Å². The normalized spacial score (nSPS) is 15.8. The van der Waals surface area contributed by atoms with Crippen LogP contribution in [0.5, 0.6) is 0 Å². The van der Waals surface area contributed by atoms with Crippen molar-refractivity contribution in [3.05, 3.63) is 47.1 Å². The van der Waals surface area contributed by atoms with Crippen molar-refractivity contribution in [1.82, 2.24) is 15.0 Å². The molecular weight excluding hydrogens is 314 g/mol. The van der Waals surface area contributed by atoms with Crippen molar-refractivity contribution in [3.63, 3.8) is 0 Å². The summed E-state index contributed by atoms with van der Waals surface area (Å²) in [6.07, 6.45) is 3.78. The summed E-state index contributed by atoms with van der Waals surface area (Å²) in [6, 6.07) is 7.97. The lowest BCUT2D eigenvalue weighted by Crippen LogP contribution is -2.38. The average Bonchev–Trinajstić information content (AvgIpc) is 3.11. The van der Waals surface area contributed by atoms with Crippen LogP contribution in [0.25, 0.3) is 0 Å². The Bertz CT molecular complexity index is 698. The Kier molecular flexibility index (Phi) is 5.51. The number of piperidine rings is 1. The SMILES string of the molecule is CCc1ccc(C(=O)N2CCC(Cc3nc(C(C)C)no3)CC2)cc1. The molecule has 1 aliphatic heterocycles. The Labute approximate surface area is 149 Å². The molecule has 0 N–H and O–H groups in total. The second-order valence-corrected chi connectivity index (χ2v) is 7.19. The number of likely N-dealkylation sites (tertiary alicyclic amines) is 1. The van der Waals surface area contributed by atoms with Gasteiger partial charge in [0.2, 0.25) is 5.89 Å². The number of nitrogens with zero attached hydrogens (tertiary/aromatic N) is 3. The fourth-order valence-electron chi connectivity index (χ4n) is 3.24. The Morgan fingerprint density at radius 2 is 1.92 bits per heavy atom. The van der Waals surface area contributed by atoms with Gasteiger partial charge in [-0.3, -0.25) is 4.79 Å². The van der Waals surface area contributed by atoms with Crippen molar-refractivity contribution in [2.24, 2.45) is 5.92 Å². The highest BCUT2D eigenvalue weighted by atomic mass is 16.5. The van der Waals surface area contributed by atoms with Crippen molar-refractivity contribution < 1.29 is 9.32 Å². The lowest BCUT2D eigenvalue weighted by Gasteiger charge is -2.31. The van der Waals surface area contributed by atoms with Crippen molar-refractivity contribution in [3.8, 4) is 0 Å². The number of hydrogen-bond acceptors (Lipinski definition) is 4. The zero-order valence-electron chi connectivity index (χ0n) is 15.4. The van der Waals surface area contributed by atoms with E-state index in [4.69, 9.17) is 4.52 Å². The van der Waals surface area contributed by atoms with Gasteiger partial charge in [0.25, 0.3) is 5.91 Å². The minimum Gasteiger partial charge on any atom is -0.339 e. The molecule has 0 bridgehead atoms. The Morgan fingerprint density at radius 1 is 1.24 bits per heavy atom. The van der Waals surface area contributed by atoms with E-state index in [0.717, 1.165) is 56.1 Å². The number of carbonyl (C=O) groups is 1. The molecule has 0 aliphatic carbocycles. The number of amides is 1. The predicted octanol–water partition coefficient (Wildman–Crippen LogP) is 3.85. The number of rotatable bonds is 5. The predicted molar refractivity (Wildman–Crippen MR) is 96.5 cm³/mol. The maximum atomic E-state index is 12.6. The summed E-state index contributed by atoms with van der Waals surface area (Å²) < 4.78 is 5.35. The van der Waals surface area contributed by atoms with Crippen LogP contribution in [0.15, 0.2) is 28.8 Å². The van der Waals surface area contributed by atoms with Crippen LogP contribution < -0.4 is 0 Å². The molecule has 1 aromatic carbocycles. The van der Waals surface area contributed by atoms with Gasteiger partial charge in [-0.2, -0.15) is 4.98 Å². The van der Waals surface area contributed by atoms with E-state index in [1.165, 1.54) is 5.56 Å². The summed E-state index contributed by atoms with van der Waals surface area (Å²) in [4.78, 5) is 19.1. The van der Waals surface area contributed by atoms with Gasteiger partial charge in [0.15, 0.2) is 5.82 Å². The number of benzene rings is 1. The molecule has 5 nitrogen and oxygen atoms in total. The molecule has 0 spiro atoms. The molecule has 2 heterocycles. The standard InChI is InChI=1S/C20H27N3O2/c1-4-15-5-7-17(8-6-15)20(24)23-11-9-16(10-12-23)13-18-21-19(14(2)3)22-25-18/h5-8,14,16H,4,9-13H2,1-3H3. The van der Waals surface area contributed by atoms with Gasteiger partial charge in [-0.1, -0.05) is 38.1 Å². The molecule has 0 atom stereocenters. The molecule has 3 rings (SSSR count). The summed E-state index contributed by atoms with van der Waals surface area (Å²) in [5, 5.41) is 4.03. The van der Waals surface area contributed by atoms with Gasteiger partial charge in [0.1, 0.15) is 0 Å². The zero-order valence-corrected chi connectivity index (χ0v) is 15.4. The van der Waals surface area contributed by atoms with E-state index >= 15 is 0 Å². The van der Waals surface area contributed by atoms with Gasteiger partial charge in [-0.05, 0) is 42.9 Å². The van der Waals surface area contributed by atoms with Gasteiger partial charge in [0, 0.05) is 31.0 Å². The van der Waals surface area contributed by atoms with E-state index in [1.807, 2.05) is 29.2 Å². The minimum absolute atomic E-state index is 0.140. The van der Waals surface area contributed by atoms with Gasteiger partial charge >= 0.3 is 0 Å². The highest BCUT2D eigenvalue weighted by Crippen LogP contribution is 2.23. The molecule has 1 saturated heterocycles. The third-order valence-corrected chi connectivity index (χ3v) is 4.97. The smallest absolute Gasteiger partial charge is 0.253 e. The molecule has 25 heavy (non-hydrogen) atoms. The van der Waals surface area contributed by atoms with Gasteiger partial charge in [-0.15, -0.1) is 0 Å². The summed E-state index contributed by atoms with van der Waals surface area (Å²) in [5.74, 6) is 2.44. The maximum Gasteiger partial charge on any atom is 0.253 e. The largest absolute Gasteiger partial charge is 0.339 e. The van der Waals surface area contributed by atoms with Crippen LogP contribution in [0.2, 0.25) is 0 Å². The van der Waals surface area contributed by atoms with Crippen molar-refractivity contribution in [2.45, 2.75) is 52.4 Å². The molecule has 0 unspecified atom stereocenters. The molecule has 1 amide bonds. The average molecular weight is 341 g/mol. The fourth-order valence-corrected chi connectivity index (χ4v) is 3.24. The fraction of sp³-hybridized carbons (Fsp3) is 0.550. The lowest BCUT2D eigenvalue weighted by molar-refractivity contribution is 0.0687. The van der Waals surface area contributed by atoms with E-state index in [9.17, 15) is 4.79 Å². The molecule has 1 fully saturated rings. The molecule has 1 aliphatic rings. The first-order valence-corrected chi connectivity index (χ1v) is 9.27. The molecule has 0 saturated carbocycles. The second kappa shape index (κ2) is 7.81. The summed E-state index contributed by atoms with van der Waals surface area (Å²) >= 11 is 0. The van der Waals surface area contributed by atoms with E-state index in [1.54, 1.807) is 0 Å². The monoisotopic (exact) mass is 341 g/mol. The minimum atomic E-state index is 0.140.